The number of ether oxygens (including phenoxy) is 1. The molecule has 1 N–H and O–H groups in total. The third-order valence-electron chi connectivity index (χ3n) is 6.36. The highest BCUT2D eigenvalue weighted by Crippen LogP contribution is 2.28. The average Bonchev–Trinajstić information content (AvgIpc) is 3.31. The lowest BCUT2D eigenvalue weighted by molar-refractivity contribution is 0.126. The molecule has 2 fully saturated rings. The first-order valence-electron chi connectivity index (χ1n) is 11.8. The highest BCUT2D eigenvalue weighted by molar-refractivity contribution is 5.90. The predicted octanol–water partition coefficient (Wildman–Crippen LogP) is 3.65. The Morgan fingerprint density at radius 1 is 1.10 bits per heavy atom. The molecule has 0 bridgehead atoms. The second-order valence-corrected chi connectivity index (χ2v) is 8.70. The fraction of sp³-hybridized carbons (Fsp3) is 0.625. The number of piperazine rings is 1. The monoisotopic (exact) mass is 422 g/mol. The van der Waals surface area contributed by atoms with Crippen molar-refractivity contribution in [3.8, 4) is 11.8 Å². The van der Waals surface area contributed by atoms with Gasteiger partial charge in [0.05, 0.1) is 12.1 Å². The Balaban J connectivity index is 1.33. The van der Waals surface area contributed by atoms with Crippen LogP contribution in [0.3, 0.4) is 0 Å². The van der Waals surface area contributed by atoms with E-state index in [0.717, 1.165) is 61.4 Å². The van der Waals surface area contributed by atoms with Crippen molar-refractivity contribution in [1.29, 1.82) is 5.26 Å². The van der Waals surface area contributed by atoms with Gasteiger partial charge < -0.3 is 19.9 Å². The van der Waals surface area contributed by atoms with Crippen molar-refractivity contribution in [1.82, 2.24) is 19.8 Å². The zero-order valence-corrected chi connectivity index (χ0v) is 18.6. The van der Waals surface area contributed by atoms with Crippen LogP contribution < -0.4 is 10.1 Å². The van der Waals surface area contributed by atoms with Crippen LogP contribution in [0.25, 0.3) is 10.9 Å². The number of hydrogen-bond donors (Lipinski definition) is 1. The summed E-state index contributed by atoms with van der Waals surface area (Å²) in [5.41, 5.74) is 0.782. The molecular weight excluding hydrogens is 388 g/mol. The van der Waals surface area contributed by atoms with Crippen LogP contribution >= 0.6 is 0 Å². The Morgan fingerprint density at radius 2 is 1.84 bits per heavy atom. The Labute approximate surface area is 185 Å². The molecule has 4 rings (SSSR count). The predicted molar refractivity (Wildman–Crippen MR) is 123 cm³/mol. The van der Waals surface area contributed by atoms with Crippen LogP contribution in [-0.2, 0) is 0 Å². The summed E-state index contributed by atoms with van der Waals surface area (Å²) in [6, 6.07) is 8.39. The second-order valence-electron chi connectivity index (χ2n) is 8.70. The third-order valence-corrected chi connectivity index (χ3v) is 6.36. The van der Waals surface area contributed by atoms with Crippen LogP contribution in [-0.4, -0.2) is 71.7 Å². The van der Waals surface area contributed by atoms with Crippen LogP contribution in [0, 0.1) is 11.3 Å². The van der Waals surface area contributed by atoms with Crippen molar-refractivity contribution in [2.24, 2.45) is 0 Å². The summed E-state index contributed by atoms with van der Waals surface area (Å²) in [7, 11) is 0. The molecule has 0 radical (unpaired) electrons. The molecular formula is C24H34N6O. The van der Waals surface area contributed by atoms with E-state index in [9.17, 15) is 5.26 Å². The quantitative estimate of drug-likeness (QED) is 0.618. The smallest absolute Gasteiger partial charge is 0.234 e. The summed E-state index contributed by atoms with van der Waals surface area (Å²) >= 11 is 0. The number of rotatable bonds is 9. The Bertz CT molecular complexity index is 897. The Kier molecular flexibility index (Phi) is 7.55. The lowest BCUT2D eigenvalue weighted by Crippen LogP contribution is -2.46. The number of hydrogen-bond acceptors (Lipinski definition) is 7. The minimum absolute atomic E-state index is 0.209. The van der Waals surface area contributed by atoms with Gasteiger partial charge in [0.1, 0.15) is 17.6 Å². The summed E-state index contributed by atoms with van der Waals surface area (Å²) < 4.78 is 6.06. The van der Waals surface area contributed by atoms with Crippen molar-refractivity contribution in [3.05, 3.63) is 24.0 Å². The van der Waals surface area contributed by atoms with Crippen LogP contribution in [0.4, 0.5) is 5.82 Å². The molecule has 1 aliphatic heterocycles. The van der Waals surface area contributed by atoms with Gasteiger partial charge in [0, 0.05) is 44.2 Å². The van der Waals surface area contributed by atoms with E-state index in [1.165, 1.54) is 38.9 Å². The number of nitriles is 1. The van der Waals surface area contributed by atoms with Crippen LogP contribution in [0.2, 0.25) is 0 Å². The maximum absolute atomic E-state index is 9.29. The topological polar surface area (TPSA) is 77.3 Å². The molecule has 1 aliphatic carbocycles. The minimum atomic E-state index is 0.209. The van der Waals surface area contributed by atoms with Gasteiger partial charge >= 0.3 is 0 Å². The van der Waals surface area contributed by atoms with E-state index in [1.54, 1.807) is 0 Å². The van der Waals surface area contributed by atoms with Gasteiger partial charge in [0.2, 0.25) is 5.82 Å². The van der Waals surface area contributed by atoms with E-state index < -0.39 is 0 Å². The largest absolute Gasteiger partial charge is 0.494 e. The molecule has 1 aromatic heterocycles. The van der Waals surface area contributed by atoms with Gasteiger partial charge in [-0.05, 0) is 50.4 Å². The van der Waals surface area contributed by atoms with Gasteiger partial charge in [0.15, 0.2) is 0 Å². The van der Waals surface area contributed by atoms with Crippen molar-refractivity contribution in [2.45, 2.75) is 51.5 Å². The van der Waals surface area contributed by atoms with Gasteiger partial charge in [-0.2, -0.15) is 5.26 Å². The third kappa shape index (κ3) is 5.84. The molecule has 0 unspecified atom stereocenters. The highest BCUT2D eigenvalue weighted by Gasteiger charge is 2.18. The standard InChI is InChI=1S/C24H34N6O/c1-2-10-29-12-14-30(15-13-29)11-5-16-31-20-8-9-22-21(17-20)24(28-23(18-25)27-22)26-19-6-3-4-7-19/h8-9,17,19H,2-7,10-16H2,1H3,(H,26,27,28). The van der Waals surface area contributed by atoms with Crippen LogP contribution in [0.5, 0.6) is 5.75 Å². The Hall–Kier alpha value is -2.43. The maximum atomic E-state index is 9.29. The highest BCUT2D eigenvalue weighted by atomic mass is 16.5. The average molecular weight is 423 g/mol. The first-order chi connectivity index (χ1) is 15.2. The summed E-state index contributed by atoms with van der Waals surface area (Å²) in [6.45, 7) is 9.92. The van der Waals surface area contributed by atoms with Crippen LogP contribution in [0.15, 0.2) is 18.2 Å². The number of nitrogens with zero attached hydrogens (tertiary/aromatic N) is 5. The van der Waals surface area contributed by atoms with E-state index >= 15 is 0 Å². The van der Waals surface area contributed by atoms with Crippen molar-refractivity contribution in [2.75, 3.05) is 51.2 Å². The summed E-state index contributed by atoms with van der Waals surface area (Å²) in [5.74, 6) is 1.80. The summed E-state index contributed by atoms with van der Waals surface area (Å²) in [4.78, 5) is 13.9. The van der Waals surface area contributed by atoms with Gasteiger partial charge in [-0.3, -0.25) is 0 Å². The fourth-order valence-electron chi connectivity index (χ4n) is 4.65. The van der Waals surface area contributed by atoms with Gasteiger partial charge in [0.25, 0.3) is 0 Å². The number of fused-ring (bicyclic) bond motifs is 1. The van der Waals surface area contributed by atoms with Gasteiger partial charge in [-0.15, -0.1) is 0 Å². The molecule has 0 atom stereocenters. The van der Waals surface area contributed by atoms with E-state index in [-0.39, 0.29) is 5.82 Å². The first-order valence-corrected chi connectivity index (χ1v) is 11.8. The van der Waals surface area contributed by atoms with Crippen molar-refractivity contribution in [3.63, 3.8) is 0 Å². The number of nitrogens with one attached hydrogen (secondary N) is 1. The first kappa shape index (κ1) is 21.8. The van der Waals surface area contributed by atoms with E-state index in [2.05, 4.69) is 38.1 Å². The SMILES string of the molecule is CCCN1CCN(CCCOc2ccc3nc(C#N)nc(NC4CCCC4)c3c2)CC1. The maximum Gasteiger partial charge on any atom is 0.234 e. The van der Waals surface area contributed by atoms with Crippen molar-refractivity contribution >= 4 is 16.7 Å². The number of anilines is 1. The minimum Gasteiger partial charge on any atom is -0.494 e. The summed E-state index contributed by atoms with van der Waals surface area (Å²) in [6.07, 6.45) is 7.04. The lowest BCUT2D eigenvalue weighted by atomic mass is 10.2. The molecule has 2 heterocycles. The fourth-order valence-corrected chi connectivity index (χ4v) is 4.65. The molecule has 166 valence electrons. The molecule has 7 nitrogen and oxygen atoms in total. The van der Waals surface area contributed by atoms with Crippen molar-refractivity contribution < 1.29 is 4.74 Å². The van der Waals surface area contributed by atoms with E-state index in [4.69, 9.17) is 4.74 Å². The normalized spacial score (nSPS) is 18.3. The molecule has 0 spiro atoms. The molecule has 1 aromatic carbocycles. The molecule has 0 amide bonds. The lowest BCUT2D eigenvalue weighted by Gasteiger charge is -2.34. The molecule has 2 aliphatic rings. The molecule has 1 saturated heterocycles. The van der Waals surface area contributed by atoms with E-state index in [1.807, 2.05) is 18.2 Å². The zero-order valence-electron chi connectivity index (χ0n) is 18.6. The zero-order chi connectivity index (χ0) is 21.5. The molecule has 7 heteroatoms. The molecule has 2 aromatic rings. The summed E-state index contributed by atoms with van der Waals surface area (Å²) in [5, 5.41) is 13.8. The van der Waals surface area contributed by atoms with E-state index in [0.29, 0.717) is 12.6 Å². The van der Waals surface area contributed by atoms with Gasteiger partial charge in [-0.1, -0.05) is 19.8 Å². The van der Waals surface area contributed by atoms with Gasteiger partial charge in [-0.25, -0.2) is 9.97 Å². The van der Waals surface area contributed by atoms with Crippen LogP contribution in [0.1, 0.15) is 51.3 Å². The number of benzene rings is 1. The Morgan fingerprint density at radius 3 is 2.55 bits per heavy atom. The number of aromatic nitrogens is 2. The second kappa shape index (κ2) is 10.7. The molecule has 1 saturated carbocycles. The molecule has 31 heavy (non-hydrogen) atoms.